The SMILES string of the molecule is Cc1ncc(C(=O)Nc2cc(C(C)(C)C)on2)cc1N=[N+]=[N-].Cc1ncc(C(=O)Nc2cc(C(C)(C)C)on2)cc1NC(=O)OC(C)(C)C. The molecule has 0 aliphatic carbocycles. The number of carbonyl (C=O) groups is 3. The number of nitrogens with one attached hydrogen (secondary N) is 3. The number of ether oxygens (including phenoxy) is 1. The molecule has 260 valence electrons. The third-order valence-corrected chi connectivity index (χ3v) is 6.44. The average molecular weight is 675 g/mol. The van der Waals surface area contributed by atoms with Gasteiger partial charge in [-0.15, -0.1) is 0 Å². The molecule has 0 aliphatic heterocycles. The van der Waals surface area contributed by atoms with E-state index in [1.54, 1.807) is 46.8 Å². The van der Waals surface area contributed by atoms with Crippen LogP contribution in [0, 0.1) is 13.8 Å². The molecule has 0 spiro atoms. The molecule has 3 N–H and O–H groups in total. The van der Waals surface area contributed by atoms with E-state index in [0.717, 1.165) is 0 Å². The minimum atomic E-state index is -0.627. The van der Waals surface area contributed by atoms with Crippen LogP contribution in [0.1, 0.15) is 106 Å². The minimum absolute atomic E-state index is 0.198. The molecule has 4 heterocycles. The number of aryl methyl sites for hydroxylation is 2. The molecular weight excluding hydrogens is 632 g/mol. The number of rotatable bonds is 6. The average Bonchev–Trinajstić information content (AvgIpc) is 3.65. The van der Waals surface area contributed by atoms with Gasteiger partial charge in [-0.1, -0.05) is 57.0 Å². The van der Waals surface area contributed by atoms with Crippen molar-refractivity contribution in [2.45, 2.75) is 92.6 Å². The third kappa shape index (κ3) is 11.2. The highest BCUT2D eigenvalue weighted by Gasteiger charge is 2.23. The van der Waals surface area contributed by atoms with Crippen LogP contribution < -0.4 is 16.0 Å². The van der Waals surface area contributed by atoms with E-state index in [1.807, 2.05) is 41.5 Å². The monoisotopic (exact) mass is 674 g/mol. The summed E-state index contributed by atoms with van der Waals surface area (Å²) in [6.07, 6.45) is 2.22. The van der Waals surface area contributed by atoms with E-state index < -0.39 is 23.5 Å². The highest BCUT2D eigenvalue weighted by molar-refractivity contribution is 6.05. The molecule has 0 radical (unpaired) electrons. The number of hydrogen-bond donors (Lipinski definition) is 3. The summed E-state index contributed by atoms with van der Waals surface area (Å²) in [5.74, 6) is 1.14. The van der Waals surface area contributed by atoms with Gasteiger partial charge >= 0.3 is 6.09 Å². The Morgan fingerprint density at radius 1 is 0.735 bits per heavy atom. The molecule has 4 aromatic rings. The predicted octanol–water partition coefficient (Wildman–Crippen LogP) is 8.14. The van der Waals surface area contributed by atoms with Crippen LogP contribution in [-0.2, 0) is 15.6 Å². The molecule has 16 nitrogen and oxygen atoms in total. The number of azide groups is 1. The quantitative estimate of drug-likeness (QED) is 0.101. The van der Waals surface area contributed by atoms with Gasteiger partial charge in [-0.2, -0.15) is 0 Å². The summed E-state index contributed by atoms with van der Waals surface area (Å²) in [6.45, 7) is 20.6. The van der Waals surface area contributed by atoms with Crippen LogP contribution in [-0.4, -0.2) is 43.8 Å². The van der Waals surface area contributed by atoms with Gasteiger partial charge in [-0.05, 0) is 52.3 Å². The molecule has 0 fully saturated rings. The van der Waals surface area contributed by atoms with Crippen molar-refractivity contribution in [3.05, 3.63) is 81.1 Å². The highest BCUT2D eigenvalue weighted by Crippen LogP contribution is 2.26. The van der Waals surface area contributed by atoms with Gasteiger partial charge in [-0.25, -0.2) is 4.79 Å². The van der Waals surface area contributed by atoms with E-state index in [9.17, 15) is 14.4 Å². The lowest BCUT2D eigenvalue weighted by Crippen LogP contribution is -2.27. The fraction of sp³-hybridized carbons (Fsp3) is 0.424. The largest absolute Gasteiger partial charge is 0.444 e. The van der Waals surface area contributed by atoms with E-state index in [4.69, 9.17) is 19.3 Å². The topological polar surface area (TPSA) is 223 Å². The maximum absolute atomic E-state index is 12.5. The lowest BCUT2D eigenvalue weighted by molar-refractivity contribution is 0.0635. The van der Waals surface area contributed by atoms with Crippen LogP contribution in [0.25, 0.3) is 10.4 Å². The molecule has 4 aromatic heterocycles. The fourth-order valence-corrected chi connectivity index (χ4v) is 3.74. The third-order valence-electron chi connectivity index (χ3n) is 6.44. The fourth-order valence-electron chi connectivity index (χ4n) is 3.74. The first kappa shape index (κ1) is 37.7. The van der Waals surface area contributed by atoms with Gasteiger partial charge in [0.15, 0.2) is 11.6 Å². The second kappa shape index (κ2) is 15.0. The zero-order chi connectivity index (χ0) is 36.7. The number of amides is 3. The van der Waals surface area contributed by atoms with Crippen LogP contribution in [0.3, 0.4) is 0 Å². The Morgan fingerprint density at radius 3 is 1.63 bits per heavy atom. The first-order valence-corrected chi connectivity index (χ1v) is 15.2. The normalized spacial score (nSPS) is 11.4. The second-order valence-corrected chi connectivity index (χ2v) is 14.1. The van der Waals surface area contributed by atoms with Crippen molar-refractivity contribution in [1.29, 1.82) is 0 Å². The minimum Gasteiger partial charge on any atom is -0.444 e. The maximum atomic E-state index is 12.5. The molecule has 0 saturated carbocycles. The molecular formula is C33H42N10O6. The summed E-state index contributed by atoms with van der Waals surface area (Å²) < 4.78 is 15.7. The number of aromatic nitrogens is 4. The van der Waals surface area contributed by atoms with Crippen molar-refractivity contribution < 1.29 is 28.2 Å². The molecule has 49 heavy (non-hydrogen) atoms. The van der Waals surface area contributed by atoms with E-state index in [1.165, 1.54) is 24.5 Å². The first-order valence-electron chi connectivity index (χ1n) is 15.2. The Hall–Kier alpha value is -5.76. The van der Waals surface area contributed by atoms with Crippen LogP contribution in [0.15, 0.2) is 50.8 Å². The molecule has 0 bridgehead atoms. The van der Waals surface area contributed by atoms with Gasteiger partial charge in [-0.3, -0.25) is 24.9 Å². The summed E-state index contributed by atoms with van der Waals surface area (Å²) in [4.78, 5) is 47.5. The van der Waals surface area contributed by atoms with Crippen molar-refractivity contribution in [2.24, 2.45) is 5.11 Å². The van der Waals surface area contributed by atoms with E-state index >= 15 is 0 Å². The van der Waals surface area contributed by atoms with Crippen LogP contribution in [0.4, 0.5) is 27.8 Å². The van der Waals surface area contributed by atoms with Crippen molar-refractivity contribution in [1.82, 2.24) is 20.3 Å². The zero-order valence-electron chi connectivity index (χ0n) is 29.5. The zero-order valence-corrected chi connectivity index (χ0v) is 29.5. The Bertz CT molecular complexity index is 1870. The predicted molar refractivity (Wildman–Crippen MR) is 183 cm³/mol. The van der Waals surface area contributed by atoms with Gasteiger partial charge < -0.3 is 24.4 Å². The summed E-state index contributed by atoms with van der Waals surface area (Å²) in [5.41, 5.74) is 9.81. The number of nitrogens with zero attached hydrogens (tertiary/aromatic N) is 7. The van der Waals surface area contributed by atoms with Crippen LogP contribution in [0.5, 0.6) is 0 Å². The Balaban J connectivity index is 0.000000271. The lowest BCUT2D eigenvalue weighted by atomic mass is 9.93. The Kier molecular flexibility index (Phi) is 11.5. The van der Waals surface area contributed by atoms with E-state index in [0.29, 0.717) is 45.9 Å². The second-order valence-electron chi connectivity index (χ2n) is 14.1. The summed E-state index contributed by atoms with van der Waals surface area (Å²) in [5, 5.41) is 19.1. The highest BCUT2D eigenvalue weighted by atomic mass is 16.6. The molecule has 0 atom stereocenters. The molecule has 0 saturated heterocycles. The molecule has 0 unspecified atom stereocenters. The summed E-state index contributed by atoms with van der Waals surface area (Å²) in [6, 6.07) is 6.36. The van der Waals surface area contributed by atoms with Gasteiger partial charge in [0.05, 0.1) is 28.2 Å². The van der Waals surface area contributed by atoms with Gasteiger partial charge in [0.1, 0.15) is 17.1 Å². The van der Waals surface area contributed by atoms with Crippen molar-refractivity contribution in [2.75, 3.05) is 16.0 Å². The summed E-state index contributed by atoms with van der Waals surface area (Å²) in [7, 11) is 0. The maximum Gasteiger partial charge on any atom is 0.412 e. The standard InChI is InChI=1S/C19H26N4O4.C14H16N6O2/c1-11-13(21-17(25)26-19(5,6)7)8-12(10-20-11)16(24)22-15-9-14(27-23-15)18(2,3)4;1-8-10(18-20-15)5-9(7-16-8)13(21)17-12-6-11(22-19-12)14(2,3)4/h8-10H,1-7H3,(H,21,25)(H,22,23,24);5-7H,1-4H3,(H,17,19,21). The molecule has 4 rings (SSSR count). The van der Waals surface area contributed by atoms with Crippen molar-refractivity contribution in [3.8, 4) is 0 Å². The smallest absolute Gasteiger partial charge is 0.412 e. The summed E-state index contributed by atoms with van der Waals surface area (Å²) >= 11 is 0. The van der Waals surface area contributed by atoms with Crippen molar-refractivity contribution >= 4 is 40.9 Å². The Labute approximate surface area is 284 Å². The van der Waals surface area contributed by atoms with Gasteiger partial charge in [0.25, 0.3) is 11.8 Å². The Morgan fingerprint density at radius 2 is 1.20 bits per heavy atom. The van der Waals surface area contributed by atoms with E-state index in [-0.39, 0.29) is 22.0 Å². The molecule has 0 aliphatic rings. The first-order chi connectivity index (χ1) is 22.7. The lowest BCUT2D eigenvalue weighted by Gasteiger charge is -2.20. The van der Waals surface area contributed by atoms with Gasteiger partial charge in [0, 0.05) is 46.0 Å². The number of carbonyl (C=O) groups excluding carboxylic acids is 3. The van der Waals surface area contributed by atoms with Gasteiger partial charge in [0.2, 0.25) is 0 Å². The van der Waals surface area contributed by atoms with E-state index in [2.05, 4.69) is 46.3 Å². The number of hydrogen-bond acceptors (Lipinski definition) is 11. The van der Waals surface area contributed by atoms with Crippen molar-refractivity contribution in [3.63, 3.8) is 0 Å². The van der Waals surface area contributed by atoms with Crippen LogP contribution in [0.2, 0.25) is 0 Å². The van der Waals surface area contributed by atoms with Crippen LogP contribution >= 0.6 is 0 Å². The molecule has 16 heteroatoms. The number of anilines is 3. The molecule has 3 amide bonds. The molecule has 0 aromatic carbocycles. The number of pyridine rings is 2.